The zero-order chi connectivity index (χ0) is 19.8. The molecule has 4 rings (SSSR count). The Morgan fingerprint density at radius 2 is 1.54 bits per heavy atom. The summed E-state index contributed by atoms with van der Waals surface area (Å²) in [5.74, 6) is 0.696. The number of benzene rings is 2. The van der Waals surface area contributed by atoms with Gasteiger partial charge in [0, 0.05) is 28.5 Å². The van der Waals surface area contributed by atoms with E-state index in [0.29, 0.717) is 46.3 Å². The summed E-state index contributed by atoms with van der Waals surface area (Å²) < 4.78 is 0. The van der Waals surface area contributed by atoms with E-state index in [2.05, 4.69) is 19.2 Å². The van der Waals surface area contributed by atoms with Crippen LogP contribution in [0.2, 0.25) is 0 Å². The first-order valence-electron chi connectivity index (χ1n) is 9.89. The second kappa shape index (κ2) is 7.32. The van der Waals surface area contributed by atoms with Gasteiger partial charge >= 0.3 is 0 Å². The number of hydrogen-bond donors (Lipinski definition) is 2. The van der Waals surface area contributed by atoms with Crippen molar-refractivity contribution in [2.75, 3.05) is 25.0 Å². The Labute approximate surface area is 164 Å². The van der Waals surface area contributed by atoms with Crippen LogP contribution in [-0.2, 0) is 4.79 Å². The molecule has 0 spiro atoms. The number of hydrogen-bond acceptors (Lipinski definition) is 3. The average Bonchev–Trinajstić information content (AvgIpc) is 2.65. The highest BCUT2D eigenvalue weighted by atomic mass is 16.2. The van der Waals surface area contributed by atoms with Crippen molar-refractivity contribution >= 4 is 23.2 Å². The predicted octanol–water partition coefficient (Wildman–Crippen LogP) is 1.96. The zero-order valence-electron chi connectivity index (χ0n) is 16.2. The van der Waals surface area contributed by atoms with Crippen LogP contribution in [0.5, 0.6) is 0 Å². The topological polar surface area (TPSA) is 67.7 Å². The minimum Gasteiger partial charge on any atom is -0.327 e. The predicted molar refractivity (Wildman–Crippen MR) is 107 cm³/mol. The summed E-state index contributed by atoms with van der Waals surface area (Å²) >= 11 is 0. The Bertz CT molecular complexity index is 956. The lowest BCUT2D eigenvalue weighted by atomic mass is 9.83. The molecule has 0 aromatic heterocycles. The molecular weight excluding hydrogens is 352 g/mol. The van der Waals surface area contributed by atoms with Gasteiger partial charge in [-0.1, -0.05) is 50.2 Å². The molecule has 1 heterocycles. The summed E-state index contributed by atoms with van der Waals surface area (Å²) in [4.78, 5) is 39.8. The number of quaternary nitrogens is 1. The van der Waals surface area contributed by atoms with Gasteiger partial charge in [-0.15, -0.1) is 0 Å². The van der Waals surface area contributed by atoms with Crippen molar-refractivity contribution in [3.05, 3.63) is 64.7 Å². The van der Waals surface area contributed by atoms with Crippen LogP contribution in [-0.4, -0.2) is 37.1 Å². The lowest BCUT2D eigenvalue weighted by Gasteiger charge is -2.31. The van der Waals surface area contributed by atoms with Gasteiger partial charge in [-0.05, 0) is 12.5 Å². The van der Waals surface area contributed by atoms with Crippen molar-refractivity contribution < 1.29 is 19.3 Å². The number of fused-ring (bicyclic) bond motifs is 2. The van der Waals surface area contributed by atoms with Crippen LogP contribution in [0.1, 0.15) is 52.1 Å². The number of ketones is 2. The summed E-state index contributed by atoms with van der Waals surface area (Å²) in [5, 5.41) is 2.90. The minimum absolute atomic E-state index is 0.121. The molecule has 1 aliphatic heterocycles. The molecule has 1 fully saturated rings. The molecular formula is C23H25N2O3+. The smallest absolute Gasteiger partial charge is 0.279 e. The highest BCUT2D eigenvalue weighted by molar-refractivity contribution is 6.30. The zero-order valence-corrected chi connectivity index (χ0v) is 16.2. The molecule has 28 heavy (non-hydrogen) atoms. The molecule has 0 radical (unpaired) electrons. The van der Waals surface area contributed by atoms with Gasteiger partial charge in [0.25, 0.3) is 5.91 Å². The Morgan fingerprint density at radius 3 is 2.21 bits per heavy atom. The summed E-state index contributed by atoms with van der Waals surface area (Å²) in [6.07, 6.45) is 1.20. The van der Waals surface area contributed by atoms with Crippen LogP contribution >= 0.6 is 0 Å². The van der Waals surface area contributed by atoms with Crippen LogP contribution < -0.4 is 10.2 Å². The number of rotatable bonds is 3. The normalized spacial score (nSPS) is 23.7. The number of likely N-dealkylation sites (tertiary alicyclic amines) is 1. The monoisotopic (exact) mass is 377 g/mol. The third kappa shape index (κ3) is 3.38. The molecule has 1 aliphatic carbocycles. The number of piperidine rings is 1. The van der Waals surface area contributed by atoms with E-state index in [0.717, 1.165) is 13.1 Å². The van der Waals surface area contributed by atoms with Gasteiger partial charge < -0.3 is 10.2 Å². The fourth-order valence-corrected chi connectivity index (χ4v) is 4.74. The Hall–Kier alpha value is -2.79. The first-order valence-corrected chi connectivity index (χ1v) is 9.89. The number of amides is 1. The van der Waals surface area contributed by atoms with Crippen molar-refractivity contribution in [3.63, 3.8) is 0 Å². The minimum atomic E-state index is -0.214. The Balaban J connectivity index is 1.58. The van der Waals surface area contributed by atoms with Crippen molar-refractivity contribution in [2.24, 2.45) is 11.8 Å². The molecule has 1 amide bonds. The molecule has 2 atom stereocenters. The second-order valence-electron chi connectivity index (χ2n) is 8.26. The van der Waals surface area contributed by atoms with Crippen LogP contribution in [0.25, 0.3) is 0 Å². The van der Waals surface area contributed by atoms with Crippen molar-refractivity contribution in [1.29, 1.82) is 0 Å². The SMILES string of the molecule is C[C@H]1C[C@H](C)C[NH+](CC(=O)Nc2cccc3c2C(=O)c2ccccc2C3=O)C1. The van der Waals surface area contributed by atoms with Crippen molar-refractivity contribution in [3.8, 4) is 0 Å². The van der Waals surface area contributed by atoms with E-state index in [9.17, 15) is 14.4 Å². The molecule has 2 aliphatic rings. The van der Waals surface area contributed by atoms with Gasteiger partial charge in [0.2, 0.25) is 0 Å². The fraction of sp³-hybridized carbons (Fsp3) is 0.348. The molecule has 5 heteroatoms. The summed E-state index contributed by atoms with van der Waals surface area (Å²) in [7, 11) is 0. The lowest BCUT2D eigenvalue weighted by Crippen LogP contribution is -3.15. The summed E-state index contributed by atoms with van der Waals surface area (Å²) in [6, 6.07) is 11.9. The molecule has 0 bridgehead atoms. The van der Waals surface area contributed by atoms with Gasteiger partial charge in [-0.3, -0.25) is 14.4 Å². The first kappa shape index (κ1) is 18.6. The number of nitrogens with one attached hydrogen (secondary N) is 2. The maximum absolute atomic E-state index is 13.0. The Morgan fingerprint density at radius 1 is 0.929 bits per heavy atom. The third-order valence-electron chi connectivity index (χ3n) is 5.72. The number of carbonyl (C=O) groups is 3. The van der Waals surface area contributed by atoms with Gasteiger partial charge in [0.15, 0.2) is 18.1 Å². The van der Waals surface area contributed by atoms with E-state index >= 15 is 0 Å². The second-order valence-corrected chi connectivity index (χ2v) is 8.26. The molecule has 2 N–H and O–H groups in total. The van der Waals surface area contributed by atoms with E-state index in [4.69, 9.17) is 0 Å². The molecule has 2 aromatic carbocycles. The fourth-order valence-electron chi connectivity index (χ4n) is 4.74. The van der Waals surface area contributed by atoms with Gasteiger partial charge in [0.05, 0.1) is 24.3 Å². The quantitative estimate of drug-likeness (QED) is 0.733. The van der Waals surface area contributed by atoms with Crippen LogP contribution in [0.15, 0.2) is 42.5 Å². The Kier molecular flexibility index (Phi) is 4.85. The molecule has 0 saturated carbocycles. The van der Waals surface area contributed by atoms with E-state index in [1.807, 2.05) is 0 Å². The summed E-state index contributed by atoms with van der Waals surface area (Å²) in [6.45, 7) is 6.79. The number of carbonyl (C=O) groups excluding carboxylic acids is 3. The lowest BCUT2D eigenvalue weighted by molar-refractivity contribution is -0.904. The highest BCUT2D eigenvalue weighted by Gasteiger charge is 2.32. The highest BCUT2D eigenvalue weighted by Crippen LogP contribution is 2.31. The number of anilines is 1. The first-order chi connectivity index (χ1) is 13.4. The van der Waals surface area contributed by atoms with Crippen molar-refractivity contribution in [2.45, 2.75) is 20.3 Å². The van der Waals surface area contributed by atoms with E-state index in [-0.39, 0.29) is 17.5 Å². The largest absolute Gasteiger partial charge is 0.327 e. The van der Waals surface area contributed by atoms with Gasteiger partial charge in [0.1, 0.15) is 0 Å². The third-order valence-corrected chi connectivity index (χ3v) is 5.72. The maximum atomic E-state index is 13.0. The summed E-state index contributed by atoms with van der Waals surface area (Å²) in [5.41, 5.74) is 1.90. The van der Waals surface area contributed by atoms with Gasteiger partial charge in [-0.2, -0.15) is 0 Å². The standard InChI is InChI=1S/C23H24N2O3/c1-14-10-15(2)12-25(11-14)13-20(26)24-19-9-5-8-18-21(19)23(28)17-7-4-3-6-16(17)22(18)27/h3-9,14-15H,10-13H2,1-2H3,(H,24,26)/p+1/t14-,15-/m0/s1. The maximum Gasteiger partial charge on any atom is 0.279 e. The average molecular weight is 377 g/mol. The van der Waals surface area contributed by atoms with Crippen LogP contribution in [0, 0.1) is 11.8 Å². The molecule has 1 saturated heterocycles. The molecule has 5 nitrogen and oxygen atoms in total. The molecule has 2 aromatic rings. The van der Waals surface area contributed by atoms with Crippen LogP contribution in [0.3, 0.4) is 0 Å². The van der Waals surface area contributed by atoms with E-state index in [1.165, 1.54) is 11.3 Å². The molecule has 144 valence electrons. The van der Waals surface area contributed by atoms with Crippen LogP contribution in [0.4, 0.5) is 5.69 Å². The van der Waals surface area contributed by atoms with E-state index < -0.39 is 0 Å². The molecule has 0 unspecified atom stereocenters. The van der Waals surface area contributed by atoms with E-state index in [1.54, 1.807) is 42.5 Å². The van der Waals surface area contributed by atoms with Gasteiger partial charge in [-0.25, -0.2) is 0 Å². The van der Waals surface area contributed by atoms with Crippen molar-refractivity contribution in [1.82, 2.24) is 0 Å².